The normalized spacial score (nSPS) is 10.7. The van der Waals surface area contributed by atoms with Crippen LogP contribution in [0.25, 0.3) is 10.9 Å². The van der Waals surface area contributed by atoms with Gasteiger partial charge < -0.3 is 20.5 Å². The molecule has 30 heavy (non-hydrogen) atoms. The molecule has 0 aliphatic heterocycles. The van der Waals surface area contributed by atoms with Gasteiger partial charge in [-0.1, -0.05) is 18.2 Å². The van der Waals surface area contributed by atoms with Crippen molar-refractivity contribution in [2.75, 3.05) is 23.7 Å². The fourth-order valence-electron chi connectivity index (χ4n) is 3.11. The molecular weight excluding hydrogens is 378 g/mol. The zero-order chi connectivity index (χ0) is 20.8. The molecule has 0 radical (unpaired) electrons. The lowest BCUT2D eigenvalue weighted by molar-refractivity contribution is -0.121. The summed E-state index contributed by atoms with van der Waals surface area (Å²) in [4.78, 5) is 16.4. The number of nitrogens with zero attached hydrogens (tertiary/aromatic N) is 4. The molecule has 8 nitrogen and oxygen atoms in total. The van der Waals surface area contributed by atoms with E-state index in [1.165, 1.54) is 0 Å². The van der Waals surface area contributed by atoms with E-state index in [0.29, 0.717) is 31.3 Å². The summed E-state index contributed by atoms with van der Waals surface area (Å²) >= 11 is 0. The topological polar surface area (TPSA) is 96.8 Å². The van der Waals surface area contributed by atoms with Gasteiger partial charge in [0.05, 0.1) is 0 Å². The maximum atomic E-state index is 12.2. The summed E-state index contributed by atoms with van der Waals surface area (Å²) in [5.74, 6) is 1.95. The molecule has 0 spiro atoms. The third-order valence-electron chi connectivity index (χ3n) is 4.58. The van der Waals surface area contributed by atoms with E-state index >= 15 is 0 Å². The molecule has 0 atom stereocenters. The van der Waals surface area contributed by atoms with Gasteiger partial charge in [0.2, 0.25) is 5.91 Å². The van der Waals surface area contributed by atoms with E-state index in [1.54, 1.807) is 6.20 Å². The van der Waals surface area contributed by atoms with Crippen molar-refractivity contribution in [3.63, 3.8) is 0 Å². The highest BCUT2D eigenvalue weighted by Crippen LogP contribution is 2.15. The standard InChI is InChI=1S/C22H23N7O/c1-16-8-10-23-21(14-16)26-20-7-6-19(27-28-20)24-11-12-25-22(30)15-29-13-9-17-4-2-3-5-18(17)29/h2-10,13-14H,11-12,15H2,1H3,(H,24,27)(H,25,30)(H,23,26,28). The van der Waals surface area contributed by atoms with Gasteiger partial charge in [-0.05, 0) is 54.3 Å². The molecule has 4 rings (SSSR count). The van der Waals surface area contributed by atoms with Crippen molar-refractivity contribution in [2.45, 2.75) is 13.5 Å². The first-order chi connectivity index (χ1) is 14.7. The zero-order valence-electron chi connectivity index (χ0n) is 16.7. The lowest BCUT2D eigenvalue weighted by Gasteiger charge is -2.09. The highest BCUT2D eigenvalue weighted by molar-refractivity contribution is 5.83. The van der Waals surface area contributed by atoms with Crippen LogP contribution in [0.3, 0.4) is 0 Å². The van der Waals surface area contributed by atoms with Crippen molar-refractivity contribution in [2.24, 2.45) is 0 Å². The van der Waals surface area contributed by atoms with E-state index in [9.17, 15) is 4.79 Å². The fourth-order valence-corrected chi connectivity index (χ4v) is 3.11. The van der Waals surface area contributed by atoms with Crippen LogP contribution in [0.4, 0.5) is 17.5 Å². The summed E-state index contributed by atoms with van der Waals surface area (Å²) in [6, 6.07) is 17.5. The Labute approximate surface area is 174 Å². The minimum absolute atomic E-state index is 0.0329. The van der Waals surface area contributed by atoms with Gasteiger partial charge >= 0.3 is 0 Å². The molecule has 0 saturated heterocycles. The largest absolute Gasteiger partial charge is 0.367 e. The summed E-state index contributed by atoms with van der Waals surface area (Å²) in [5, 5.41) is 18.6. The second-order valence-electron chi connectivity index (χ2n) is 6.93. The molecule has 0 unspecified atom stereocenters. The molecule has 3 aromatic heterocycles. The van der Waals surface area contributed by atoms with Gasteiger partial charge in [0.1, 0.15) is 18.2 Å². The number of hydrogen-bond acceptors (Lipinski definition) is 6. The van der Waals surface area contributed by atoms with Gasteiger partial charge in [0, 0.05) is 31.0 Å². The molecule has 4 aromatic rings. The number of para-hydroxylation sites is 1. The molecule has 0 aliphatic rings. The van der Waals surface area contributed by atoms with Crippen LogP contribution in [0, 0.1) is 6.92 Å². The van der Waals surface area contributed by atoms with E-state index in [-0.39, 0.29) is 5.91 Å². The van der Waals surface area contributed by atoms with E-state index in [4.69, 9.17) is 0 Å². The van der Waals surface area contributed by atoms with Crippen LogP contribution in [0.15, 0.2) is 67.0 Å². The number of aryl methyl sites for hydroxylation is 1. The highest BCUT2D eigenvalue weighted by Gasteiger charge is 2.05. The van der Waals surface area contributed by atoms with Gasteiger partial charge in [-0.15, -0.1) is 10.2 Å². The number of pyridine rings is 1. The summed E-state index contributed by atoms with van der Waals surface area (Å²) in [6.07, 6.45) is 3.67. The van der Waals surface area contributed by atoms with E-state index < -0.39 is 0 Å². The molecule has 3 heterocycles. The lowest BCUT2D eigenvalue weighted by Crippen LogP contribution is -2.31. The van der Waals surface area contributed by atoms with Crippen molar-refractivity contribution in [3.05, 3.63) is 72.6 Å². The average Bonchev–Trinajstić information content (AvgIpc) is 3.15. The second-order valence-corrected chi connectivity index (χ2v) is 6.93. The quantitative estimate of drug-likeness (QED) is 0.393. The SMILES string of the molecule is Cc1ccnc(Nc2ccc(NCCNC(=O)Cn3ccc4ccccc43)nn2)c1. The molecule has 1 aromatic carbocycles. The van der Waals surface area contributed by atoms with Crippen LogP contribution in [0.1, 0.15) is 5.56 Å². The smallest absolute Gasteiger partial charge is 0.240 e. The Morgan fingerprint density at radius 1 is 0.967 bits per heavy atom. The summed E-state index contributed by atoms with van der Waals surface area (Å²) in [7, 11) is 0. The predicted molar refractivity (Wildman–Crippen MR) is 118 cm³/mol. The molecule has 152 valence electrons. The zero-order valence-corrected chi connectivity index (χ0v) is 16.7. The molecule has 1 amide bonds. The number of fused-ring (bicyclic) bond motifs is 1. The third kappa shape index (κ3) is 4.91. The number of rotatable bonds is 8. The summed E-state index contributed by atoms with van der Waals surface area (Å²) < 4.78 is 1.94. The first-order valence-electron chi connectivity index (χ1n) is 9.75. The molecule has 0 fully saturated rings. The molecular formula is C22H23N7O. The van der Waals surface area contributed by atoms with Crippen LogP contribution in [0.5, 0.6) is 0 Å². The Balaban J connectivity index is 1.21. The number of nitrogens with one attached hydrogen (secondary N) is 3. The van der Waals surface area contributed by atoms with Crippen LogP contribution in [-0.4, -0.2) is 38.7 Å². The van der Waals surface area contributed by atoms with Gasteiger partial charge in [0.15, 0.2) is 5.82 Å². The Hall–Kier alpha value is -3.94. The monoisotopic (exact) mass is 401 g/mol. The molecule has 0 aliphatic carbocycles. The van der Waals surface area contributed by atoms with Crippen molar-refractivity contribution in [3.8, 4) is 0 Å². The number of carbonyl (C=O) groups excluding carboxylic acids is 1. The Morgan fingerprint density at radius 2 is 1.80 bits per heavy atom. The average molecular weight is 401 g/mol. The van der Waals surface area contributed by atoms with Gasteiger partial charge in [0.25, 0.3) is 0 Å². The van der Waals surface area contributed by atoms with E-state index in [1.807, 2.05) is 72.3 Å². The maximum Gasteiger partial charge on any atom is 0.240 e. The number of aromatic nitrogens is 4. The van der Waals surface area contributed by atoms with Crippen molar-refractivity contribution in [1.82, 2.24) is 25.1 Å². The number of anilines is 3. The first-order valence-corrected chi connectivity index (χ1v) is 9.75. The van der Waals surface area contributed by atoms with Crippen LogP contribution in [-0.2, 0) is 11.3 Å². The second kappa shape index (κ2) is 9.04. The van der Waals surface area contributed by atoms with Crippen molar-refractivity contribution < 1.29 is 4.79 Å². The van der Waals surface area contributed by atoms with Crippen molar-refractivity contribution >= 4 is 34.3 Å². The summed E-state index contributed by atoms with van der Waals surface area (Å²) in [6.45, 7) is 3.34. The fraction of sp³-hybridized carbons (Fsp3) is 0.182. The van der Waals surface area contributed by atoms with Crippen LogP contribution >= 0.6 is 0 Å². The third-order valence-corrected chi connectivity index (χ3v) is 4.58. The van der Waals surface area contributed by atoms with Gasteiger partial charge in [-0.25, -0.2) is 4.98 Å². The molecule has 3 N–H and O–H groups in total. The van der Waals surface area contributed by atoms with Gasteiger partial charge in [-0.3, -0.25) is 4.79 Å². The Bertz CT molecular complexity index is 1140. The predicted octanol–water partition coefficient (Wildman–Crippen LogP) is 3.11. The summed E-state index contributed by atoms with van der Waals surface area (Å²) in [5.41, 5.74) is 2.17. The van der Waals surface area contributed by atoms with Crippen molar-refractivity contribution in [1.29, 1.82) is 0 Å². The molecule has 0 saturated carbocycles. The van der Waals surface area contributed by atoms with Crippen LogP contribution < -0.4 is 16.0 Å². The Kier molecular flexibility index (Phi) is 5.84. The number of benzene rings is 1. The number of hydrogen-bond donors (Lipinski definition) is 3. The minimum atomic E-state index is -0.0329. The van der Waals surface area contributed by atoms with E-state index in [2.05, 4.69) is 31.1 Å². The number of carbonyl (C=O) groups is 1. The maximum absolute atomic E-state index is 12.2. The van der Waals surface area contributed by atoms with E-state index in [0.717, 1.165) is 22.3 Å². The number of amides is 1. The highest BCUT2D eigenvalue weighted by atomic mass is 16.1. The van der Waals surface area contributed by atoms with Crippen LogP contribution in [0.2, 0.25) is 0 Å². The Morgan fingerprint density at radius 3 is 2.63 bits per heavy atom. The lowest BCUT2D eigenvalue weighted by atomic mass is 10.2. The minimum Gasteiger partial charge on any atom is -0.367 e. The first kappa shape index (κ1) is 19.4. The van der Waals surface area contributed by atoms with Gasteiger partial charge in [-0.2, -0.15) is 0 Å². The molecule has 0 bridgehead atoms. The molecule has 8 heteroatoms.